The van der Waals surface area contributed by atoms with Crippen LogP contribution in [0.15, 0.2) is 12.7 Å². The van der Waals surface area contributed by atoms with Crippen LogP contribution in [0.1, 0.15) is 72.6 Å². The maximum absolute atomic E-state index is 12.9. The standard InChI is InChI=1S/C20H32O/c1-6-19(4)11-8-15-14(13-19)16(21)12-17-18(2,3)9-7-10-20(15,17)5/h6,14-15,17H,1,7-13H2,2-5H3/t14-,15-,17-,19-,20+/m0/s1. The van der Waals surface area contributed by atoms with E-state index in [-0.39, 0.29) is 5.41 Å². The predicted molar refractivity (Wildman–Crippen MR) is 88.0 cm³/mol. The molecule has 3 rings (SSSR count). The maximum atomic E-state index is 12.9. The van der Waals surface area contributed by atoms with Gasteiger partial charge in [-0.1, -0.05) is 40.2 Å². The zero-order valence-corrected chi connectivity index (χ0v) is 14.4. The van der Waals surface area contributed by atoms with Crippen LogP contribution in [0.5, 0.6) is 0 Å². The van der Waals surface area contributed by atoms with Crippen molar-refractivity contribution in [2.45, 2.75) is 72.6 Å². The summed E-state index contributed by atoms with van der Waals surface area (Å²) in [5.74, 6) is 2.08. The van der Waals surface area contributed by atoms with E-state index < -0.39 is 0 Å². The van der Waals surface area contributed by atoms with Crippen molar-refractivity contribution in [2.24, 2.45) is 34.0 Å². The van der Waals surface area contributed by atoms with Crippen molar-refractivity contribution in [3.05, 3.63) is 12.7 Å². The molecule has 3 aliphatic rings. The molecule has 0 saturated heterocycles. The largest absolute Gasteiger partial charge is 0.299 e. The van der Waals surface area contributed by atoms with E-state index in [4.69, 9.17) is 0 Å². The molecule has 3 saturated carbocycles. The van der Waals surface area contributed by atoms with Crippen molar-refractivity contribution in [3.63, 3.8) is 0 Å². The number of allylic oxidation sites excluding steroid dienone is 1. The molecule has 0 spiro atoms. The number of Topliss-reactive ketones (excluding diaryl/α,β-unsaturated/α-hetero) is 1. The number of ketones is 1. The fourth-order valence-electron chi connectivity index (χ4n) is 6.22. The Morgan fingerprint density at radius 3 is 2.52 bits per heavy atom. The Kier molecular flexibility index (Phi) is 3.43. The smallest absolute Gasteiger partial charge is 0.136 e. The van der Waals surface area contributed by atoms with Gasteiger partial charge in [-0.05, 0) is 60.2 Å². The van der Waals surface area contributed by atoms with E-state index in [0.29, 0.717) is 34.4 Å². The van der Waals surface area contributed by atoms with Crippen LogP contribution in [-0.2, 0) is 4.79 Å². The van der Waals surface area contributed by atoms with E-state index in [2.05, 4.69) is 40.3 Å². The molecule has 0 bridgehead atoms. The highest BCUT2D eigenvalue weighted by atomic mass is 16.1. The summed E-state index contributed by atoms with van der Waals surface area (Å²) in [6.07, 6.45) is 10.4. The lowest BCUT2D eigenvalue weighted by Gasteiger charge is -2.61. The van der Waals surface area contributed by atoms with Crippen molar-refractivity contribution >= 4 is 5.78 Å². The molecule has 1 nitrogen and oxygen atoms in total. The van der Waals surface area contributed by atoms with Crippen LogP contribution in [0.25, 0.3) is 0 Å². The molecule has 3 aliphatic carbocycles. The highest BCUT2D eigenvalue weighted by molar-refractivity contribution is 5.83. The molecule has 0 aliphatic heterocycles. The lowest BCUT2D eigenvalue weighted by Crippen LogP contribution is -2.56. The molecule has 0 aromatic heterocycles. The molecule has 0 aromatic carbocycles. The Labute approximate surface area is 130 Å². The van der Waals surface area contributed by atoms with Crippen molar-refractivity contribution in [1.29, 1.82) is 0 Å². The summed E-state index contributed by atoms with van der Waals surface area (Å²) in [4.78, 5) is 12.9. The van der Waals surface area contributed by atoms with E-state index in [9.17, 15) is 4.79 Å². The van der Waals surface area contributed by atoms with Gasteiger partial charge in [0.15, 0.2) is 0 Å². The molecular weight excluding hydrogens is 256 g/mol. The van der Waals surface area contributed by atoms with Gasteiger partial charge in [-0.3, -0.25) is 4.79 Å². The lowest BCUT2D eigenvalue weighted by atomic mass is 9.43. The first-order chi connectivity index (χ1) is 9.72. The molecule has 0 N–H and O–H groups in total. The summed E-state index contributed by atoms with van der Waals surface area (Å²) in [6.45, 7) is 13.6. The molecule has 0 heterocycles. The summed E-state index contributed by atoms with van der Waals surface area (Å²) in [7, 11) is 0. The molecule has 5 atom stereocenters. The molecule has 3 fully saturated rings. The van der Waals surface area contributed by atoms with Gasteiger partial charge in [0, 0.05) is 12.3 Å². The number of carbonyl (C=O) groups excluding carboxylic acids is 1. The number of carbonyl (C=O) groups is 1. The van der Waals surface area contributed by atoms with Gasteiger partial charge in [0.05, 0.1) is 0 Å². The third kappa shape index (κ3) is 2.23. The lowest BCUT2D eigenvalue weighted by molar-refractivity contribution is -0.156. The number of rotatable bonds is 1. The van der Waals surface area contributed by atoms with Crippen LogP contribution >= 0.6 is 0 Å². The first-order valence-electron chi connectivity index (χ1n) is 8.88. The van der Waals surface area contributed by atoms with Gasteiger partial charge in [0.1, 0.15) is 5.78 Å². The normalized spacial score (nSPS) is 49.1. The van der Waals surface area contributed by atoms with Crippen molar-refractivity contribution in [2.75, 3.05) is 0 Å². The summed E-state index contributed by atoms with van der Waals surface area (Å²) in [5.41, 5.74) is 0.917. The second-order valence-electron chi connectivity index (χ2n) is 9.38. The average Bonchev–Trinajstić information content (AvgIpc) is 2.41. The van der Waals surface area contributed by atoms with Gasteiger partial charge < -0.3 is 0 Å². The quantitative estimate of drug-likeness (QED) is 0.590. The molecular formula is C20H32O. The van der Waals surface area contributed by atoms with Crippen molar-refractivity contribution < 1.29 is 4.79 Å². The Bertz CT molecular complexity index is 462. The molecule has 0 unspecified atom stereocenters. The summed E-state index contributed by atoms with van der Waals surface area (Å²) in [6, 6.07) is 0. The number of fused-ring (bicyclic) bond motifs is 3. The van der Waals surface area contributed by atoms with Crippen LogP contribution in [0.3, 0.4) is 0 Å². The van der Waals surface area contributed by atoms with Gasteiger partial charge >= 0.3 is 0 Å². The van der Waals surface area contributed by atoms with Crippen LogP contribution in [-0.4, -0.2) is 5.78 Å². The average molecular weight is 288 g/mol. The van der Waals surface area contributed by atoms with E-state index in [1.54, 1.807) is 0 Å². The minimum Gasteiger partial charge on any atom is -0.299 e. The number of hydrogen-bond acceptors (Lipinski definition) is 1. The Morgan fingerprint density at radius 2 is 1.86 bits per heavy atom. The van der Waals surface area contributed by atoms with Crippen LogP contribution < -0.4 is 0 Å². The maximum Gasteiger partial charge on any atom is 0.136 e. The Hall–Kier alpha value is -0.590. The monoisotopic (exact) mass is 288 g/mol. The van der Waals surface area contributed by atoms with Gasteiger partial charge in [-0.2, -0.15) is 0 Å². The van der Waals surface area contributed by atoms with E-state index >= 15 is 0 Å². The van der Waals surface area contributed by atoms with Gasteiger partial charge in [-0.15, -0.1) is 6.58 Å². The van der Waals surface area contributed by atoms with Gasteiger partial charge in [-0.25, -0.2) is 0 Å². The third-order valence-electron chi connectivity index (χ3n) is 7.63. The summed E-state index contributed by atoms with van der Waals surface area (Å²) in [5, 5.41) is 0. The Balaban J connectivity index is 1.95. The molecule has 0 aromatic rings. The first kappa shape index (κ1) is 15.3. The van der Waals surface area contributed by atoms with E-state index in [1.165, 1.54) is 32.1 Å². The topological polar surface area (TPSA) is 17.1 Å². The highest BCUT2D eigenvalue weighted by Gasteiger charge is 2.58. The highest BCUT2D eigenvalue weighted by Crippen LogP contribution is 2.64. The SMILES string of the molecule is C=C[C@@]1(C)CC[C@H]2[C@H](C1)C(=O)C[C@H]1C(C)(C)CCC[C@]21C. The minimum atomic E-state index is 0.185. The van der Waals surface area contributed by atoms with Gasteiger partial charge in [0.2, 0.25) is 0 Å². The zero-order valence-electron chi connectivity index (χ0n) is 14.4. The zero-order chi connectivity index (χ0) is 15.5. The molecule has 21 heavy (non-hydrogen) atoms. The molecule has 0 radical (unpaired) electrons. The van der Waals surface area contributed by atoms with E-state index in [0.717, 1.165) is 12.8 Å². The fourth-order valence-corrected chi connectivity index (χ4v) is 6.22. The Morgan fingerprint density at radius 1 is 1.14 bits per heavy atom. The van der Waals surface area contributed by atoms with Crippen molar-refractivity contribution in [1.82, 2.24) is 0 Å². The van der Waals surface area contributed by atoms with Crippen LogP contribution in [0.2, 0.25) is 0 Å². The molecule has 1 heteroatoms. The second kappa shape index (κ2) is 4.70. The first-order valence-corrected chi connectivity index (χ1v) is 8.88. The predicted octanol–water partition coefficient (Wildman–Crippen LogP) is 5.40. The summed E-state index contributed by atoms with van der Waals surface area (Å²) < 4.78 is 0. The van der Waals surface area contributed by atoms with Gasteiger partial charge in [0.25, 0.3) is 0 Å². The molecule has 118 valence electrons. The minimum absolute atomic E-state index is 0.185. The second-order valence-corrected chi connectivity index (χ2v) is 9.38. The summed E-state index contributed by atoms with van der Waals surface area (Å²) >= 11 is 0. The van der Waals surface area contributed by atoms with Crippen LogP contribution in [0, 0.1) is 34.0 Å². The number of hydrogen-bond donors (Lipinski definition) is 0. The van der Waals surface area contributed by atoms with Crippen molar-refractivity contribution in [3.8, 4) is 0 Å². The molecule has 0 amide bonds. The van der Waals surface area contributed by atoms with E-state index in [1.807, 2.05) is 0 Å². The third-order valence-corrected chi connectivity index (χ3v) is 7.63. The fraction of sp³-hybridized carbons (Fsp3) is 0.850. The van der Waals surface area contributed by atoms with Crippen LogP contribution in [0.4, 0.5) is 0 Å².